The Labute approximate surface area is 119 Å². The molecule has 2 fully saturated rings. The van der Waals surface area contributed by atoms with Crippen molar-refractivity contribution in [1.82, 2.24) is 0 Å². The van der Waals surface area contributed by atoms with Crippen LogP contribution in [0.3, 0.4) is 0 Å². The van der Waals surface area contributed by atoms with E-state index in [0.29, 0.717) is 5.78 Å². The number of Topliss-reactive ketones (excluding diaryl/α,β-unsaturated/α-hetero) is 1. The van der Waals surface area contributed by atoms with Crippen molar-refractivity contribution < 1.29 is 9.53 Å². The van der Waals surface area contributed by atoms with Crippen molar-refractivity contribution in [3.05, 3.63) is 29.3 Å². The molecule has 1 saturated carbocycles. The zero-order valence-electron chi connectivity index (χ0n) is 11.8. The Hall–Kier alpha value is -1.35. The highest BCUT2D eigenvalue weighted by Crippen LogP contribution is 2.45. The van der Waals surface area contributed by atoms with E-state index in [9.17, 15) is 4.79 Å². The number of anilines is 1. The number of carbonyl (C=O) groups is 1. The summed E-state index contributed by atoms with van der Waals surface area (Å²) < 4.78 is 5.93. The molecule has 2 aliphatic heterocycles. The molecule has 0 aromatic heterocycles. The van der Waals surface area contributed by atoms with Gasteiger partial charge >= 0.3 is 0 Å². The molecule has 3 heteroatoms. The smallest absolute Gasteiger partial charge is 0.166 e. The quantitative estimate of drug-likeness (QED) is 0.840. The Kier molecular flexibility index (Phi) is 2.84. The minimum absolute atomic E-state index is 0.0492. The van der Waals surface area contributed by atoms with Gasteiger partial charge in [0, 0.05) is 30.3 Å². The van der Waals surface area contributed by atoms with E-state index < -0.39 is 0 Å². The van der Waals surface area contributed by atoms with Crippen LogP contribution >= 0.6 is 0 Å². The van der Waals surface area contributed by atoms with Gasteiger partial charge in [0.15, 0.2) is 5.78 Å². The van der Waals surface area contributed by atoms with Gasteiger partial charge in [-0.1, -0.05) is 12.1 Å². The van der Waals surface area contributed by atoms with E-state index in [0.717, 1.165) is 56.5 Å². The van der Waals surface area contributed by atoms with Gasteiger partial charge < -0.3 is 10.1 Å². The first-order valence-corrected chi connectivity index (χ1v) is 7.81. The molecule has 20 heavy (non-hydrogen) atoms. The summed E-state index contributed by atoms with van der Waals surface area (Å²) in [4.78, 5) is 12.7. The van der Waals surface area contributed by atoms with Crippen LogP contribution in [0.25, 0.3) is 0 Å². The van der Waals surface area contributed by atoms with Crippen LogP contribution in [0.4, 0.5) is 5.69 Å². The number of nitrogens with one attached hydrogen (secondary N) is 1. The first kappa shape index (κ1) is 12.4. The normalized spacial score (nSPS) is 26.7. The Balaban J connectivity index is 1.54. The molecule has 1 spiro atoms. The summed E-state index contributed by atoms with van der Waals surface area (Å²) in [6.45, 7) is 1.74. The van der Waals surface area contributed by atoms with Crippen molar-refractivity contribution in [3.8, 4) is 0 Å². The highest BCUT2D eigenvalue weighted by molar-refractivity contribution is 5.99. The van der Waals surface area contributed by atoms with E-state index in [-0.39, 0.29) is 11.5 Å². The van der Waals surface area contributed by atoms with Gasteiger partial charge in [-0.2, -0.15) is 0 Å². The van der Waals surface area contributed by atoms with Gasteiger partial charge in [0.05, 0.1) is 5.60 Å². The molecule has 3 nitrogen and oxygen atoms in total. The number of fused-ring (bicyclic) bond motifs is 1. The highest BCUT2D eigenvalue weighted by atomic mass is 16.5. The standard InChI is InChI=1S/C17H21NO2/c19-16(13-3-2-12-4-8-18-15(12)10-13)14-5-9-20-17(11-14)6-1-7-17/h2-3,10,14,18H,1,4-9,11H2. The van der Waals surface area contributed by atoms with Crippen molar-refractivity contribution in [1.29, 1.82) is 0 Å². The minimum atomic E-state index is 0.0492. The second-order valence-electron chi connectivity index (χ2n) is 6.49. The Morgan fingerprint density at radius 3 is 3.05 bits per heavy atom. The molecule has 0 amide bonds. The minimum Gasteiger partial charge on any atom is -0.384 e. The monoisotopic (exact) mass is 271 g/mol. The molecule has 1 aromatic rings. The zero-order chi connectivity index (χ0) is 13.6. The third kappa shape index (κ3) is 1.96. The van der Waals surface area contributed by atoms with Crippen molar-refractivity contribution in [2.24, 2.45) is 5.92 Å². The van der Waals surface area contributed by atoms with Gasteiger partial charge in [0.2, 0.25) is 0 Å². The number of ketones is 1. The van der Waals surface area contributed by atoms with E-state index in [1.807, 2.05) is 12.1 Å². The average molecular weight is 271 g/mol. The van der Waals surface area contributed by atoms with Gasteiger partial charge in [0.1, 0.15) is 0 Å². The number of benzene rings is 1. The molecule has 1 aliphatic carbocycles. The van der Waals surface area contributed by atoms with Gasteiger partial charge in [0.25, 0.3) is 0 Å². The van der Waals surface area contributed by atoms with Gasteiger partial charge in [-0.15, -0.1) is 0 Å². The number of ether oxygens (including phenoxy) is 1. The summed E-state index contributed by atoms with van der Waals surface area (Å²) in [7, 11) is 0. The van der Waals surface area contributed by atoms with E-state index in [2.05, 4.69) is 11.4 Å². The van der Waals surface area contributed by atoms with Crippen LogP contribution in [-0.2, 0) is 11.2 Å². The molecule has 1 atom stereocenters. The molecule has 0 bridgehead atoms. The number of hydrogen-bond acceptors (Lipinski definition) is 3. The SMILES string of the molecule is O=C(c1ccc2c(c1)NCC2)C1CCOC2(CCC2)C1. The van der Waals surface area contributed by atoms with Crippen molar-refractivity contribution in [2.75, 3.05) is 18.5 Å². The lowest BCUT2D eigenvalue weighted by Gasteiger charge is -2.46. The fraction of sp³-hybridized carbons (Fsp3) is 0.588. The fourth-order valence-electron chi connectivity index (χ4n) is 3.85. The largest absolute Gasteiger partial charge is 0.384 e. The van der Waals surface area contributed by atoms with Crippen molar-refractivity contribution in [2.45, 2.75) is 44.1 Å². The summed E-state index contributed by atoms with van der Waals surface area (Å²) >= 11 is 0. The van der Waals surface area contributed by atoms with Crippen LogP contribution in [0.15, 0.2) is 18.2 Å². The van der Waals surface area contributed by atoms with E-state index in [1.54, 1.807) is 0 Å². The molecule has 0 radical (unpaired) electrons. The van der Waals surface area contributed by atoms with Crippen LogP contribution in [-0.4, -0.2) is 24.5 Å². The number of hydrogen-bond donors (Lipinski definition) is 1. The molecule has 1 saturated heterocycles. The number of carbonyl (C=O) groups excluding carboxylic acids is 1. The lowest BCUT2D eigenvalue weighted by molar-refractivity contribution is -0.137. The summed E-state index contributed by atoms with van der Waals surface area (Å²) in [5.41, 5.74) is 3.41. The maximum absolute atomic E-state index is 12.7. The molecule has 4 rings (SSSR count). The Morgan fingerprint density at radius 1 is 1.35 bits per heavy atom. The predicted octanol–water partition coefficient (Wildman–Crippen LogP) is 3.19. The van der Waals surface area contributed by atoms with Gasteiger partial charge in [-0.25, -0.2) is 0 Å². The summed E-state index contributed by atoms with van der Waals surface area (Å²) in [6, 6.07) is 6.17. The van der Waals surface area contributed by atoms with Crippen LogP contribution < -0.4 is 5.32 Å². The van der Waals surface area contributed by atoms with Crippen LogP contribution in [0, 0.1) is 5.92 Å². The molecule has 1 N–H and O–H groups in total. The fourth-order valence-corrected chi connectivity index (χ4v) is 3.85. The molecule has 2 heterocycles. The zero-order valence-corrected chi connectivity index (χ0v) is 11.8. The maximum Gasteiger partial charge on any atom is 0.166 e. The predicted molar refractivity (Wildman–Crippen MR) is 78.2 cm³/mol. The lowest BCUT2D eigenvalue weighted by Crippen LogP contribution is -2.47. The maximum atomic E-state index is 12.7. The van der Waals surface area contributed by atoms with E-state index in [4.69, 9.17) is 4.74 Å². The third-order valence-corrected chi connectivity index (χ3v) is 5.23. The third-order valence-electron chi connectivity index (χ3n) is 5.23. The molecule has 3 aliphatic rings. The first-order valence-electron chi connectivity index (χ1n) is 7.81. The summed E-state index contributed by atoms with van der Waals surface area (Å²) in [5, 5.41) is 3.36. The van der Waals surface area contributed by atoms with E-state index in [1.165, 1.54) is 12.0 Å². The van der Waals surface area contributed by atoms with Gasteiger partial charge in [-0.05, 0) is 50.2 Å². The number of rotatable bonds is 2. The van der Waals surface area contributed by atoms with Crippen LogP contribution in [0.1, 0.15) is 48.0 Å². The Bertz CT molecular complexity index is 548. The highest BCUT2D eigenvalue weighted by Gasteiger charge is 2.44. The molecular formula is C17H21NO2. The lowest BCUT2D eigenvalue weighted by atomic mass is 9.70. The summed E-state index contributed by atoms with van der Waals surface area (Å²) in [5.74, 6) is 0.472. The first-order chi connectivity index (χ1) is 9.76. The topological polar surface area (TPSA) is 38.3 Å². The Morgan fingerprint density at radius 2 is 2.25 bits per heavy atom. The molecule has 1 unspecified atom stereocenters. The second kappa shape index (κ2) is 4.59. The van der Waals surface area contributed by atoms with Gasteiger partial charge in [-0.3, -0.25) is 4.79 Å². The summed E-state index contributed by atoms with van der Waals surface area (Å²) in [6.07, 6.45) is 6.42. The molecular weight excluding hydrogens is 250 g/mol. The van der Waals surface area contributed by atoms with Crippen molar-refractivity contribution >= 4 is 11.5 Å². The second-order valence-corrected chi connectivity index (χ2v) is 6.49. The van der Waals surface area contributed by atoms with Crippen molar-refractivity contribution in [3.63, 3.8) is 0 Å². The molecule has 1 aromatic carbocycles. The van der Waals surface area contributed by atoms with Crippen LogP contribution in [0.5, 0.6) is 0 Å². The van der Waals surface area contributed by atoms with Crippen LogP contribution in [0.2, 0.25) is 0 Å². The van der Waals surface area contributed by atoms with E-state index >= 15 is 0 Å². The molecule has 106 valence electrons. The average Bonchev–Trinajstić information content (AvgIpc) is 2.92.